The Bertz CT molecular complexity index is 1050. The number of nitrogens with two attached hydrogens (primary N) is 1. The Morgan fingerprint density at radius 3 is 2.50 bits per heavy atom. The summed E-state index contributed by atoms with van der Waals surface area (Å²) in [7, 11) is 0. The van der Waals surface area contributed by atoms with Crippen molar-refractivity contribution in [1.82, 2.24) is 15.5 Å². The van der Waals surface area contributed by atoms with Crippen LogP contribution in [-0.2, 0) is 19.1 Å². The number of benzene rings is 1. The van der Waals surface area contributed by atoms with Gasteiger partial charge in [-0.1, -0.05) is 50.1 Å². The average Bonchev–Trinajstić information content (AvgIpc) is 2.85. The van der Waals surface area contributed by atoms with E-state index in [2.05, 4.69) is 17.2 Å². The maximum atomic E-state index is 13.9. The number of hydrogen-bond donors (Lipinski definition) is 3. The molecule has 0 aromatic heterocycles. The molecular formula is C28H39N5O5. The molecule has 1 aromatic rings. The van der Waals surface area contributed by atoms with E-state index in [9.17, 15) is 24.4 Å². The summed E-state index contributed by atoms with van der Waals surface area (Å²) < 4.78 is 5.30. The third-order valence-electron chi connectivity index (χ3n) is 6.17. The van der Waals surface area contributed by atoms with Crippen molar-refractivity contribution in [2.45, 2.75) is 89.4 Å². The van der Waals surface area contributed by atoms with Crippen molar-refractivity contribution in [1.29, 1.82) is 5.26 Å². The van der Waals surface area contributed by atoms with Gasteiger partial charge in [0.1, 0.15) is 24.2 Å². The van der Waals surface area contributed by atoms with Crippen LogP contribution in [0.4, 0.5) is 4.79 Å². The molecule has 0 radical (unpaired) electrons. The van der Waals surface area contributed by atoms with E-state index in [1.165, 1.54) is 0 Å². The van der Waals surface area contributed by atoms with Crippen molar-refractivity contribution in [3.05, 3.63) is 42.0 Å². The summed E-state index contributed by atoms with van der Waals surface area (Å²) in [5, 5.41) is 15.2. The van der Waals surface area contributed by atoms with Crippen molar-refractivity contribution in [3.63, 3.8) is 0 Å². The normalized spacial score (nSPS) is 15.3. The molecular weight excluding hydrogens is 486 g/mol. The molecule has 1 aliphatic rings. The largest absolute Gasteiger partial charge is 0.444 e. The molecule has 206 valence electrons. The van der Waals surface area contributed by atoms with Crippen LogP contribution < -0.4 is 16.4 Å². The maximum Gasteiger partial charge on any atom is 0.408 e. The van der Waals surface area contributed by atoms with Crippen LogP contribution in [0.5, 0.6) is 0 Å². The molecule has 0 spiro atoms. The van der Waals surface area contributed by atoms with Gasteiger partial charge in [0.05, 0.1) is 6.07 Å². The first-order valence-corrected chi connectivity index (χ1v) is 12.9. The van der Waals surface area contributed by atoms with Gasteiger partial charge in [0.25, 0.3) is 0 Å². The smallest absolute Gasteiger partial charge is 0.408 e. The summed E-state index contributed by atoms with van der Waals surface area (Å²) in [6, 6.07) is 6.51. The first kappa shape index (κ1) is 30.4. The summed E-state index contributed by atoms with van der Waals surface area (Å²) >= 11 is 0. The number of ether oxygens (including phenoxy) is 1. The number of hydrogen-bond acceptors (Lipinski definition) is 6. The molecule has 0 aliphatic heterocycles. The molecule has 38 heavy (non-hydrogen) atoms. The van der Waals surface area contributed by atoms with Crippen LogP contribution in [0.3, 0.4) is 0 Å². The van der Waals surface area contributed by atoms with Gasteiger partial charge in [-0.25, -0.2) is 4.79 Å². The maximum absolute atomic E-state index is 13.9. The fourth-order valence-corrected chi connectivity index (χ4v) is 4.42. The van der Waals surface area contributed by atoms with E-state index in [0.29, 0.717) is 5.56 Å². The molecule has 10 nitrogen and oxygen atoms in total. The number of primary amides is 1. The first-order valence-electron chi connectivity index (χ1n) is 12.9. The number of nitrogens with one attached hydrogen (secondary N) is 2. The van der Waals surface area contributed by atoms with Gasteiger partial charge in [-0.05, 0) is 57.2 Å². The van der Waals surface area contributed by atoms with Crippen LogP contribution in [-0.4, -0.2) is 52.9 Å². The highest BCUT2D eigenvalue weighted by Crippen LogP contribution is 2.26. The predicted molar refractivity (Wildman–Crippen MR) is 143 cm³/mol. The summed E-state index contributed by atoms with van der Waals surface area (Å²) in [6.07, 6.45) is 5.20. The lowest BCUT2D eigenvalue weighted by Crippen LogP contribution is -2.54. The number of nitrogens with zero attached hydrogens (tertiary/aromatic N) is 2. The molecule has 10 heteroatoms. The van der Waals surface area contributed by atoms with Crippen LogP contribution in [0.15, 0.2) is 30.8 Å². The lowest BCUT2D eigenvalue weighted by molar-refractivity contribution is -0.142. The van der Waals surface area contributed by atoms with Gasteiger partial charge in [-0.2, -0.15) is 5.26 Å². The molecule has 1 fully saturated rings. The van der Waals surface area contributed by atoms with Crippen molar-refractivity contribution in [3.8, 4) is 6.07 Å². The average molecular weight is 526 g/mol. The van der Waals surface area contributed by atoms with Gasteiger partial charge in [-0.15, -0.1) is 0 Å². The van der Waals surface area contributed by atoms with Gasteiger partial charge in [-0.3, -0.25) is 14.4 Å². The molecule has 0 saturated heterocycles. The van der Waals surface area contributed by atoms with E-state index in [1.54, 1.807) is 45.0 Å². The Hall–Kier alpha value is -3.87. The second kappa shape index (κ2) is 14.2. The Morgan fingerprint density at radius 2 is 1.92 bits per heavy atom. The van der Waals surface area contributed by atoms with Crippen molar-refractivity contribution in [2.24, 2.45) is 5.73 Å². The van der Waals surface area contributed by atoms with E-state index in [0.717, 1.165) is 42.6 Å². The first-order chi connectivity index (χ1) is 17.9. The third kappa shape index (κ3) is 9.54. The monoisotopic (exact) mass is 525 g/mol. The van der Waals surface area contributed by atoms with E-state index >= 15 is 0 Å². The summed E-state index contributed by atoms with van der Waals surface area (Å²) in [5.74, 6) is -1.79. The van der Waals surface area contributed by atoms with Crippen LogP contribution in [0.1, 0.15) is 82.9 Å². The number of rotatable bonds is 11. The minimum atomic E-state index is -1.25. The zero-order valence-electron chi connectivity index (χ0n) is 22.5. The molecule has 4 amide bonds. The zero-order valence-corrected chi connectivity index (χ0v) is 22.5. The van der Waals surface area contributed by atoms with E-state index in [-0.39, 0.29) is 18.9 Å². The Kier molecular flexibility index (Phi) is 11.3. The summed E-state index contributed by atoms with van der Waals surface area (Å²) in [6.45, 7) is 8.37. The highest BCUT2D eigenvalue weighted by molar-refractivity contribution is 5.92. The van der Waals surface area contributed by atoms with Crippen LogP contribution in [0.2, 0.25) is 0 Å². The summed E-state index contributed by atoms with van der Waals surface area (Å²) in [4.78, 5) is 52.8. The molecule has 2 atom stereocenters. The van der Waals surface area contributed by atoms with Crippen molar-refractivity contribution < 1.29 is 23.9 Å². The second-order valence-electron chi connectivity index (χ2n) is 10.4. The van der Waals surface area contributed by atoms with Gasteiger partial charge < -0.3 is 26.0 Å². The fourth-order valence-electron chi connectivity index (χ4n) is 4.42. The standard InChI is InChI=1S/C28H39N5O5/c1-5-19-10-9-11-20(18-19)24(25(35)31-21-12-7-6-8-13-21)33(17-16-29)26(36)22(14-15-23(30)34)32-27(37)38-28(2,3)4/h5,9-11,18,21-22,24H,1,6-8,12-15,17H2,2-4H3,(H2,30,34)(H,31,35)(H,32,37). The van der Waals surface area contributed by atoms with E-state index < -0.39 is 48.0 Å². The third-order valence-corrected chi connectivity index (χ3v) is 6.17. The number of amides is 4. The molecule has 0 heterocycles. The SMILES string of the molecule is C=Cc1cccc(C(C(=O)NC2CCCCC2)N(CC#N)C(=O)C(CCC(N)=O)NC(=O)OC(C)(C)C)c1. The molecule has 0 bridgehead atoms. The Labute approximate surface area is 224 Å². The van der Waals surface area contributed by atoms with Gasteiger partial charge >= 0.3 is 6.09 Å². The molecule has 4 N–H and O–H groups in total. The number of carbonyl (C=O) groups excluding carboxylic acids is 4. The van der Waals surface area contributed by atoms with Gasteiger partial charge in [0, 0.05) is 12.5 Å². The van der Waals surface area contributed by atoms with Crippen molar-refractivity contribution >= 4 is 29.9 Å². The number of alkyl carbamates (subject to hydrolysis) is 1. The molecule has 2 unspecified atom stereocenters. The minimum Gasteiger partial charge on any atom is -0.444 e. The van der Waals surface area contributed by atoms with E-state index in [4.69, 9.17) is 10.5 Å². The second-order valence-corrected chi connectivity index (χ2v) is 10.4. The topological polar surface area (TPSA) is 155 Å². The lowest BCUT2D eigenvalue weighted by Gasteiger charge is -2.34. The van der Waals surface area contributed by atoms with Crippen LogP contribution >= 0.6 is 0 Å². The molecule has 1 saturated carbocycles. The molecule has 1 aliphatic carbocycles. The van der Waals surface area contributed by atoms with Gasteiger partial charge in [0.2, 0.25) is 17.7 Å². The molecule has 1 aromatic carbocycles. The van der Waals surface area contributed by atoms with E-state index in [1.807, 2.05) is 12.1 Å². The number of nitriles is 1. The zero-order chi connectivity index (χ0) is 28.3. The van der Waals surface area contributed by atoms with Crippen LogP contribution in [0, 0.1) is 11.3 Å². The Balaban J connectivity index is 2.47. The highest BCUT2D eigenvalue weighted by Gasteiger charge is 2.37. The quantitative estimate of drug-likeness (QED) is 0.377. The predicted octanol–water partition coefficient (Wildman–Crippen LogP) is 3.33. The van der Waals surface area contributed by atoms with Crippen molar-refractivity contribution in [2.75, 3.05) is 6.54 Å². The highest BCUT2D eigenvalue weighted by atomic mass is 16.6. The Morgan fingerprint density at radius 1 is 1.24 bits per heavy atom. The lowest BCUT2D eigenvalue weighted by atomic mass is 9.94. The fraction of sp³-hybridized carbons (Fsp3) is 0.536. The minimum absolute atomic E-state index is 0.0362. The van der Waals surface area contributed by atoms with Crippen LogP contribution in [0.25, 0.3) is 6.08 Å². The number of carbonyl (C=O) groups is 4. The molecule has 2 rings (SSSR count). The van der Waals surface area contributed by atoms with Gasteiger partial charge in [0.15, 0.2) is 0 Å². The summed E-state index contributed by atoms with van der Waals surface area (Å²) in [5.41, 5.74) is 5.70.